The van der Waals surface area contributed by atoms with Gasteiger partial charge in [0.05, 0.1) is 5.69 Å². The van der Waals surface area contributed by atoms with Crippen LogP contribution in [0.2, 0.25) is 0 Å². The van der Waals surface area contributed by atoms with Gasteiger partial charge in [-0.15, -0.1) is 0 Å². The summed E-state index contributed by atoms with van der Waals surface area (Å²) in [6, 6.07) is 13.6. The van der Waals surface area contributed by atoms with Crippen LogP contribution in [0.1, 0.15) is 42.6 Å². The Kier molecular flexibility index (Phi) is 6.02. The fourth-order valence-electron chi connectivity index (χ4n) is 5.36. The molecule has 2 aromatic rings. The van der Waals surface area contributed by atoms with Gasteiger partial charge in [0, 0.05) is 48.4 Å². The average Bonchev–Trinajstić information content (AvgIpc) is 3.21. The van der Waals surface area contributed by atoms with Crippen molar-refractivity contribution < 1.29 is 25.0 Å². The van der Waals surface area contributed by atoms with Crippen molar-refractivity contribution in [2.45, 2.75) is 51.4 Å². The number of amides is 2. The quantitative estimate of drug-likeness (QED) is 0.413. The van der Waals surface area contributed by atoms with Crippen molar-refractivity contribution in [2.75, 3.05) is 22.9 Å². The summed E-state index contributed by atoms with van der Waals surface area (Å²) in [7, 11) is 0. The molecule has 178 valence electrons. The third-order valence-electron chi connectivity index (χ3n) is 7.16. The normalized spacial score (nSPS) is 22.7. The first-order valence-electron chi connectivity index (χ1n) is 11.9. The number of quaternary nitrogens is 1. The van der Waals surface area contributed by atoms with E-state index in [1.807, 2.05) is 67.3 Å². The van der Waals surface area contributed by atoms with Crippen LogP contribution >= 0.6 is 0 Å². The summed E-state index contributed by atoms with van der Waals surface area (Å²) in [5.74, 6) is -0.0411. The minimum Gasteiger partial charge on any atom is -0.444 e. The fourth-order valence-corrected chi connectivity index (χ4v) is 5.36. The summed E-state index contributed by atoms with van der Waals surface area (Å²) in [6.07, 6.45) is 5.35. The van der Waals surface area contributed by atoms with E-state index in [0.29, 0.717) is 17.9 Å². The number of hydrogen-bond acceptors (Lipinski definition) is 5. The van der Waals surface area contributed by atoms with Crippen LogP contribution in [0.3, 0.4) is 0 Å². The maximum atomic E-state index is 13.1. The molecule has 0 aliphatic carbocycles. The van der Waals surface area contributed by atoms with Crippen LogP contribution < -0.4 is 15.3 Å². The lowest BCUT2D eigenvalue weighted by Crippen LogP contribution is -2.74. The molecule has 3 aliphatic rings. The number of cyclic esters (lactones) is 1. The van der Waals surface area contributed by atoms with Crippen LogP contribution in [0.5, 0.6) is 0 Å². The van der Waals surface area contributed by atoms with Crippen LogP contribution in [-0.4, -0.2) is 53.3 Å². The van der Waals surface area contributed by atoms with Gasteiger partial charge in [0.25, 0.3) is 5.91 Å². The molecule has 5 rings (SSSR count). The average molecular weight is 464 g/mol. The zero-order valence-electron chi connectivity index (χ0n) is 19.6. The fraction of sp³-hybridized carbons (Fsp3) is 0.385. The Morgan fingerprint density at radius 2 is 1.74 bits per heavy atom. The number of fused-ring (bicyclic) bond motifs is 1. The SMILES string of the molecule is CC1C=CC(C)N1C(=O)c1ccc(N2CCC(N3C(=O)OCc4ccccc43)CC2)c([NH2+]O)c1. The van der Waals surface area contributed by atoms with Crippen molar-refractivity contribution in [3.05, 3.63) is 65.7 Å². The summed E-state index contributed by atoms with van der Waals surface area (Å²) >= 11 is 0. The molecule has 0 aromatic heterocycles. The Labute approximate surface area is 199 Å². The second-order valence-corrected chi connectivity index (χ2v) is 9.25. The van der Waals surface area contributed by atoms with Gasteiger partial charge < -0.3 is 14.5 Å². The molecule has 3 aliphatic heterocycles. The highest BCUT2D eigenvalue weighted by Crippen LogP contribution is 2.34. The molecular formula is C26H31N4O4+. The lowest BCUT2D eigenvalue weighted by atomic mass is 9.99. The van der Waals surface area contributed by atoms with Crippen LogP contribution in [0.15, 0.2) is 54.6 Å². The molecule has 2 amide bonds. The van der Waals surface area contributed by atoms with Gasteiger partial charge in [0.2, 0.25) is 0 Å². The van der Waals surface area contributed by atoms with Gasteiger partial charge in [-0.25, -0.2) is 10.0 Å². The third kappa shape index (κ3) is 3.93. The molecule has 2 aromatic carbocycles. The molecule has 0 spiro atoms. The second kappa shape index (κ2) is 9.12. The Morgan fingerprint density at radius 1 is 1.03 bits per heavy atom. The van der Waals surface area contributed by atoms with E-state index in [2.05, 4.69) is 4.90 Å². The topological polar surface area (TPSA) is 89.9 Å². The molecule has 3 N–H and O–H groups in total. The monoisotopic (exact) mass is 463 g/mol. The number of nitrogens with zero attached hydrogens (tertiary/aromatic N) is 3. The third-order valence-corrected chi connectivity index (χ3v) is 7.16. The zero-order valence-corrected chi connectivity index (χ0v) is 19.6. The Balaban J connectivity index is 1.31. The predicted octanol–water partition coefficient (Wildman–Crippen LogP) is 3.19. The summed E-state index contributed by atoms with van der Waals surface area (Å²) < 4.78 is 5.41. The zero-order chi connectivity index (χ0) is 23.8. The van der Waals surface area contributed by atoms with Crippen LogP contribution in [0.25, 0.3) is 0 Å². The first-order chi connectivity index (χ1) is 16.5. The van der Waals surface area contributed by atoms with Gasteiger partial charge in [0.1, 0.15) is 12.3 Å². The van der Waals surface area contributed by atoms with Crippen molar-refractivity contribution >= 4 is 29.1 Å². The second-order valence-electron chi connectivity index (χ2n) is 9.25. The Hall–Kier alpha value is -3.36. The number of piperidine rings is 1. The number of carbonyl (C=O) groups is 2. The lowest BCUT2D eigenvalue weighted by Gasteiger charge is -2.40. The molecule has 1 fully saturated rings. The van der Waals surface area contributed by atoms with E-state index < -0.39 is 0 Å². The van der Waals surface area contributed by atoms with Gasteiger partial charge in [-0.1, -0.05) is 30.4 Å². The summed E-state index contributed by atoms with van der Waals surface area (Å²) in [5.41, 5.74) is 5.11. The maximum absolute atomic E-state index is 13.1. The highest BCUT2D eigenvalue weighted by atomic mass is 16.6. The number of anilines is 2. The van der Waals surface area contributed by atoms with E-state index in [-0.39, 0.29) is 30.1 Å². The maximum Gasteiger partial charge on any atom is 0.414 e. The molecule has 3 heterocycles. The number of carbonyl (C=O) groups excluding carboxylic acids is 2. The van der Waals surface area contributed by atoms with Gasteiger partial charge in [-0.3, -0.25) is 9.69 Å². The van der Waals surface area contributed by atoms with Crippen molar-refractivity contribution in [1.82, 2.24) is 4.90 Å². The predicted molar refractivity (Wildman–Crippen MR) is 128 cm³/mol. The number of ether oxygens (including phenoxy) is 1. The molecular weight excluding hydrogens is 432 g/mol. The largest absolute Gasteiger partial charge is 0.444 e. The van der Waals surface area contributed by atoms with E-state index in [1.54, 1.807) is 11.0 Å². The van der Waals surface area contributed by atoms with Crippen molar-refractivity contribution in [1.29, 1.82) is 0 Å². The minimum absolute atomic E-state index is 0.0411. The standard InChI is InChI=1S/C26H30N4O4/c1-17-7-8-18(2)29(17)25(31)19-9-10-24(22(15-19)27-33)28-13-11-21(12-14-28)30-23-6-4-3-5-20(23)16-34-26(30)32/h3-10,15,17-18,21,27,33H,11-14,16H2,1-2H3/p+1. The van der Waals surface area contributed by atoms with Crippen LogP contribution in [-0.2, 0) is 11.3 Å². The van der Waals surface area contributed by atoms with E-state index >= 15 is 0 Å². The van der Waals surface area contributed by atoms with Crippen molar-refractivity contribution in [3.63, 3.8) is 0 Å². The number of nitrogens with two attached hydrogens (primary N) is 1. The molecule has 8 heteroatoms. The van der Waals surface area contributed by atoms with E-state index in [1.165, 1.54) is 0 Å². The highest BCUT2D eigenvalue weighted by molar-refractivity contribution is 5.96. The number of rotatable bonds is 4. The molecule has 2 unspecified atom stereocenters. The summed E-state index contributed by atoms with van der Waals surface area (Å²) in [4.78, 5) is 31.5. The van der Waals surface area contributed by atoms with E-state index in [9.17, 15) is 14.8 Å². The first kappa shape index (κ1) is 22.4. The number of hydrogen-bond donors (Lipinski definition) is 2. The highest BCUT2D eigenvalue weighted by Gasteiger charge is 2.35. The van der Waals surface area contributed by atoms with Crippen LogP contribution in [0.4, 0.5) is 21.9 Å². The molecule has 1 saturated heterocycles. The van der Waals surface area contributed by atoms with Crippen molar-refractivity contribution in [3.8, 4) is 0 Å². The molecule has 0 bridgehead atoms. The van der Waals surface area contributed by atoms with Gasteiger partial charge in [-0.2, -0.15) is 5.48 Å². The molecule has 8 nitrogen and oxygen atoms in total. The smallest absolute Gasteiger partial charge is 0.414 e. The van der Waals surface area contributed by atoms with E-state index in [4.69, 9.17) is 4.74 Å². The summed E-state index contributed by atoms with van der Waals surface area (Å²) in [5, 5.41) is 9.97. The number of benzene rings is 2. The molecule has 34 heavy (non-hydrogen) atoms. The summed E-state index contributed by atoms with van der Waals surface area (Å²) in [6.45, 7) is 5.79. The van der Waals surface area contributed by atoms with Gasteiger partial charge >= 0.3 is 6.09 Å². The van der Waals surface area contributed by atoms with E-state index in [0.717, 1.165) is 48.3 Å². The van der Waals surface area contributed by atoms with Crippen molar-refractivity contribution in [2.24, 2.45) is 0 Å². The Morgan fingerprint density at radius 3 is 2.44 bits per heavy atom. The molecule has 0 radical (unpaired) electrons. The molecule has 0 saturated carbocycles. The minimum atomic E-state index is -0.288. The van der Waals surface area contributed by atoms with Crippen LogP contribution in [0, 0.1) is 0 Å². The molecule has 2 atom stereocenters. The Bertz CT molecular complexity index is 1110. The number of para-hydroxylation sites is 1. The van der Waals surface area contributed by atoms with Gasteiger partial charge in [-0.05, 0) is 44.9 Å². The first-order valence-corrected chi connectivity index (χ1v) is 11.9. The lowest BCUT2D eigenvalue weighted by molar-refractivity contribution is -0.825. The van der Waals surface area contributed by atoms with Gasteiger partial charge in [0.15, 0.2) is 5.69 Å².